The summed E-state index contributed by atoms with van der Waals surface area (Å²) in [6.45, 7) is 18.9. The van der Waals surface area contributed by atoms with Crippen molar-refractivity contribution in [2.45, 2.75) is 98.4 Å². The van der Waals surface area contributed by atoms with E-state index in [2.05, 4.69) is 17.3 Å². The van der Waals surface area contributed by atoms with Gasteiger partial charge in [-0.15, -0.1) is 0 Å². The number of carbonyl (C=O) groups is 4. The average Bonchev–Trinajstić information content (AvgIpc) is 2.91. The molecule has 2 N–H and O–H groups in total. The Labute approximate surface area is 250 Å². The Kier molecular flexibility index (Phi) is 13.0. The number of hydrogen-bond acceptors (Lipinski definition) is 8. The normalized spacial score (nSPS) is 17.7. The van der Waals surface area contributed by atoms with E-state index in [1.54, 1.807) is 33.8 Å². The predicted molar refractivity (Wildman–Crippen MR) is 160 cm³/mol. The number of benzene rings is 1. The minimum absolute atomic E-state index is 0.00486. The Balaban J connectivity index is 2.03. The summed E-state index contributed by atoms with van der Waals surface area (Å²) in [7, 11) is 0. The summed E-state index contributed by atoms with van der Waals surface area (Å²) in [4.78, 5) is 51.9. The maximum atomic E-state index is 13.3. The van der Waals surface area contributed by atoms with Crippen molar-refractivity contribution in [3.8, 4) is 5.75 Å². The van der Waals surface area contributed by atoms with E-state index in [0.29, 0.717) is 31.7 Å². The van der Waals surface area contributed by atoms with E-state index < -0.39 is 47.6 Å². The summed E-state index contributed by atoms with van der Waals surface area (Å²) in [6.07, 6.45) is 2.16. The predicted octanol–water partition coefficient (Wildman–Crippen LogP) is 4.50. The molecule has 0 aliphatic carbocycles. The molecule has 1 saturated heterocycles. The van der Waals surface area contributed by atoms with E-state index in [9.17, 15) is 19.2 Å². The van der Waals surface area contributed by atoms with E-state index in [1.165, 1.54) is 5.01 Å². The molecule has 1 heterocycles. The Morgan fingerprint density at radius 2 is 1.81 bits per heavy atom. The first kappa shape index (κ1) is 34.8. The van der Waals surface area contributed by atoms with Crippen LogP contribution >= 0.6 is 0 Å². The van der Waals surface area contributed by atoms with Crippen molar-refractivity contribution >= 4 is 23.8 Å². The van der Waals surface area contributed by atoms with Crippen LogP contribution in [0.2, 0.25) is 0 Å². The summed E-state index contributed by atoms with van der Waals surface area (Å²) >= 11 is 0. The molecule has 0 bridgehead atoms. The van der Waals surface area contributed by atoms with Gasteiger partial charge in [-0.1, -0.05) is 52.5 Å². The van der Waals surface area contributed by atoms with Gasteiger partial charge in [-0.3, -0.25) is 24.2 Å². The van der Waals surface area contributed by atoms with Crippen molar-refractivity contribution < 1.29 is 33.4 Å². The summed E-state index contributed by atoms with van der Waals surface area (Å²) < 4.78 is 17.0. The number of nitrogens with one attached hydrogen (secondary N) is 2. The van der Waals surface area contributed by atoms with Gasteiger partial charge in [0.05, 0.1) is 12.3 Å². The van der Waals surface area contributed by atoms with Gasteiger partial charge in [-0.2, -0.15) is 0 Å². The van der Waals surface area contributed by atoms with Crippen LogP contribution in [-0.2, 0) is 28.7 Å². The summed E-state index contributed by atoms with van der Waals surface area (Å²) in [5.41, 5.74) is 3.15. The lowest BCUT2D eigenvalue weighted by atomic mass is 9.91. The van der Waals surface area contributed by atoms with Gasteiger partial charge in [-0.25, -0.2) is 5.43 Å². The molecule has 2 rings (SSSR count). The highest BCUT2D eigenvalue weighted by Crippen LogP contribution is 2.29. The number of carbonyl (C=O) groups excluding carboxylic acids is 4. The molecule has 10 nitrogen and oxygen atoms in total. The molecule has 0 aromatic heterocycles. The van der Waals surface area contributed by atoms with Crippen molar-refractivity contribution in [2.24, 2.45) is 17.8 Å². The van der Waals surface area contributed by atoms with Crippen LogP contribution < -0.4 is 15.5 Å². The fraction of sp³-hybridized carbons (Fsp3) is 0.625. The van der Waals surface area contributed by atoms with E-state index >= 15 is 0 Å². The van der Waals surface area contributed by atoms with Crippen molar-refractivity contribution in [1.82, 2.24) is 15.8 Å². The summed E-state index contributed by atoms with van der Waals surface area (Å²) in [5.74, 6) is -1.85. The SMILES string of the molecule is C=CCOc1cccc([C@H](OC(=O)[C@@H]2CCCN(C(=O)[C@H](C)NC(=O)[C@@H](CC(=O)OC(C)(C)C)C(C)C)N2)C(C)C)c1. The van der Waals surface area contributed by atoms with Crippen LogP contribution in [0.15, 0.2) is 36.9 Å². The van der Waals surface area contributed by atoms with Crippen LogP contribution in [0.3, 0.4) is 0 Å². The number of rotatable bonds is 13. The molecule has 234 valence electrons. The van der Waals surface area contributed by atoms with Gasteiger partial charge in [-0.05, 0) is 70.1 Å². The number of nitrogens with zero attached hydrogens (tertiary/aromatic N) is 1. The lowest BCUT2D eigenvalue weighted by Gasteiger charge is -2.35. The Hall–Kier alpha value is -3.40. The van der Waals surface area contributed by atoms with Gasteiger partial charge in [0, 0.05) is 6.54 Å². The smallest absolute Gasteiger partial charge is 0.325 e. The highest BCUT2D eigenvalue weighted by Gasteiger charge is 2.35. The van der Waals surface area contributed by atoms with Crippen molar-refractivity contribution in [2.75, 3.05) is 13.2 Å². The van der Waals surface area contributed by atoms with Gasteiger partial charge in [0.1, 0.15) is 36.1 Å². The summed E-state index contributed by atoms with van der Waals surface area (Å²) in [6, 6.07) is 5.83. The highest BCUT2D eigenvalue weighted by molar-refractivity contribution is 5.90. The van der Waals surface area contributed by atoms with E-state index in [4.69, 9.17) is 14.2 Å². The second kappa shape index (κ2) is 15.7. The second-order valence-corrected chi connectivity index (χ2v) is 12.5. The van der Waals surface area contributed by atoms with Crippen LogP contribution in [0.25, 0.3) is 0 Å². The molecule has 1 fully saturated rings. The van der Waals surface area contributed by atoms with Gasteiger partial charge >= 0.3 is 11.9 Å². The second-order valence-electron chi connectivity index (χ2n) is 12.5. The first-order chi connectivity index (χ1) is 19.6. The molecule has 10 heteroatoms. The summed E-state index contributed by atoms with van der Waals surface area (Å²) in [5, 5.41) is 4.11. The van der Waals surface area contributed by atoms with E-state index in [-0.39, 0.29) is 24.2 Å². The minimum Gasteiger partial charge on any atom is -0.490 e. The third-order valence-corrected chi connectivity index (χ3v) is 6.82. The number of ether oxygens (including phenoxy) is 3. The Morgan fingerprint density at radius 3 is 2.40 bits per heavy atom. The van der Waals surface area contributed by atoms with Gasteiger partial charge in [0.2, 0.25) is 5.91 Å². The van der Waals surface area contributed by atoms with Crippen LogP contribution in [0.1, 0.15) is 86.3 Å². The minimum atomic E-state index is -0.874. The fourth-order valence-corrected chi connectivity index (χ4v) is 4.66. The number of esters is 2. The van der Waals surface area contributed by atoms with Gasteiger partial charge in [0.15, 0.2) is 0 Å². The monoisotopic (exact) mass is 587 g/mol. The molecular weight excluding hydrogens is 538 g/mol. The molecule has 4 atom stereocenters. The zero-order valence-electron chi connectivity index (χ0n) is 26.4. The number of hydrazine groups is 1. The fourth-order valence-electron chi connectivity index (χ4n) is 4.66. The van der Waals surface area contributed by atoms with Crippen LogP contribution in [0, 0.1) is 17.8 Å². The topological polar surface area (TPSA) is 123 Å². The van der Waals surface area contributed by atoms with Gasteiger partial charge in [0.25, 0.3) is 5.91 Å². The highest BCUT2D eigenvalue weighted by atomic mass is 16.6. The quantitative estimate of drug-likeness (QED) is 0.256. The lowest BCUT2D eigenvalue weighted by molar-refractivity contribution is -0.159. The van der Waals surface area contributed by atoms with Crippen molar-refractivity contribution in [3.05, 3.63) is 42.5 Å². The van der Waals surface area contributed by atoms with Crippen LogP contribution in [-0.4, -0.2) is 59.6 Å². The molecule has 0 saturated carbocycles. The third kappa shape index (κ3) is 10.8. The van der Waals surface area contributed by atoms with Crippen molar-refractivity contribution in [1.29, 1.82) is 0 Å². The molecule has 1 aliphatic heterocycles. The van der Waals surface area contributed by atoms with Crippen molar-refractivity contribution in [3.63, 3.8) is 0 Å². The maximum absolute atomic E-state index is 13.3. The largest absolute Gasteiger partial charge is 0.490 e. The standard InChI is InChI=1S/C32H49N3O7/c1-10-17-40-24-14-11-13-23(18-24)28(21(4)5)41-31(39)26-15-12-16-35(34-26)30(38)22(6)33-29(37)25(20(2)3)19-27(36)42-32(7,8)9/h10-11,13-14,18,20-22,25-26,28,34H,1,12,15-17,19H2,2-9H3,(H,33,37)/t22-,25-,26-,28+/m0/s1. The molecule has 1 aromatic rings. The van der Waals surface area contributed by atoms with Gasteiger partial charge < -0.3 is 19.5 Å². The molecule has 1 aromatic carbocycles. The number of amides is 2. The number of hydrogen-bond donors (Lipinski definition) is 2. The Morgan fingerprint density at radius 1 is 1.12 bits per heavy atom. The van der Waals surface area contributed by atoms with Crippen LogP contribution in [0.5, 0.6) is 5.75 Å². The molecule has 0 radical (unpaired) electrons. The third-order valence-electron chi connectivity index (χ3n) is 6.82. The van der Waals surface area contributed by atoms with Crippen LogP contribution in [0.4, 0.5) is 0 Å². The maximum Gasteiger partial charge on any atom is 0.325 e. The zero-order valence-corrected chi connectivity index (χ0v) is 26.4. The average molecular weight is 588 g/mol. The van der Waals surface area contributed by atoms with E-state index in [0.717, 1.165) is 5.56 Å². The molecule has 0 unspecified atom stereocenters. The zero-order chi connectivity index (χ0) is 31.6. The molecule has 2 amide bonds. The molecule has 42 heavy (non-hydrogen) atoms. The molecular formula is C32H49N3O7. The first-order valence-corrected chi connectivity index (χ1v) is 14.8. The first-order valence-electron chi connectivity index (χ1n) is 14.8. The lowest BCUT2D eigenvalue weighted by Crippen LogP contribution is -2.60. The van der Waals surface area contributed by atoms with E-state index in [1.807, 2.05) is 52.0 Å². The Bertz CT molecular complexity index is 1100. The molecule has 1 aliphatic rings. The molecule has 0 spiro atoms.